The number of H-pyrrole nitrogens is 1. The van der Waals surface area contributed by atoms with Gasteiger partial charge in [-0.1, -0.05) is 89.2 Å². The topological polar surface area (TPSA) is 48.6 Å². The minimum absolute atomic E-state index is 0.0994. The van der Waals surface area contributed by atoms with Gasteiger partial charge >= 0.3 is 0 Å². The molecule has 0 saturated heterocycles. The van der Waals surface area contributed by atoms with Crippen LogP contribution in [-0.4, -0.2) is 47.4 Å². The Morgan fingerprint density at radius 1 is 0.900 bits per heavy atom. The fourth-order valence-electron chi connectivity index (χ4n) is 5.20. The molecule has 0 unspecified atom stereocenters. The lowest BCUT2D eigenvalue weighted by Gasteiger charge is -2.29. The average Bonchev–Trinajstić information content (AvgIpc) is 3.34. The normalized spacial score (nSPS) is 11.9. The lowest BCUT2D eigenvalue weighted by atomic mass is 9.87. The van der Waals surface area contributed by atoms with Gasteiger partial charge in [-0.3, -0.25) is 9.69 Å². The van der Waals surface area contributed by atoms with Crippen LogP contribution in [0.4, 0.5) is 0 Å². The van der Waals surface area contributed by atoms with Crippen molar-refractivity contribution in [3.63, 3.8) is 0 Å². The maximum atomic E-state index is 13.9. The van der Waals surface area contributed by atoms with E-state index in [1.807, 2.05) is 23.1 Å². The number of methoxy groups -OCH3 is 1. The molecule has 0 spiro atoms. The monoisotopic (exact) mass is 539 g/mol. The van der Waals surface area contributed by atoms with Crippen LogP contribution < -0.4 is 4.74 Å². The van der Waals surface area contributed by atoms with E-state index in [-0.39, 0.29) is 11.3 Å². The van der Waals surface area contributed by atoms with E-state index in [0.717, 1.165) is 36.3 Å². The van der Waals surface area contributed by atoms with E-state index in [2.05, 4.69) is 105 Å². The molecule has 5 nitrogen and oxygen atoms in total. The number of amides is 1. The van der Waals surface area contributed by atoms with Crippen LogP contribution in [0, 0.1) is 5.92 Å². The number of nitrogens with one attached hydrogen (secondary N) is 1. The summed E-state index contributed by atoms with van der Waals surface area (Å²) in [7, 11) is 1.68. The molecule has 4 aromatic rings. The van der Waals surface area contributed by atoms with Crippen molar-refractivity contribution in [3.8, 4) is 5.75 Å². The quantitative estimate of drug-likeness (QED) is 0.207. The van der Waals surface area contributed by atoms with Crippen LogP contribution in [0.15, 0.2) is 79.0 Å². The summed E-state index contributed by atoms with van der Waals surface area (Å²) in [6.45, 7) is 14.3. The zero-order valence-electron chi connectivity index (χ0n) is 25.0. The van der Waals surface area contributed by atoms with Gasteiger partial charge in [0.05, 0.1) is 13.7 Å². The van der Waals surface area contributed by atoms with E-state index < -0.39 is 0 Å². The van der Waals surface area contributed by atoms with E-state index in [9.17, 15) is 4.79 Å². The van der Waals surface area contributed by atoms with E-state index in [4.69, 9.17) is 4.74 Å². The summed E-state index contributed by atoms with van der Waals surface area (Å²) in [5.74, 6) is 1.46. The first-order valence-corrected chi connectivity index (χ1v) is 14.4. The molecule has 3 aromatic carbocycles. The van der Waals surface area contributed by atoms with Gasteiger partial charge in [0.2, 0.25) is 5.91 Å². The van der Waals surface area contributed by atoms with E-state index >= 15 is 0 Å². The highest BCUT2D eigenvalue weighted by Crippen LogP contribution is 2.23. The van der Waals surface area contributed by atoms with Crippen molar-refractivity contribution in [3.05, 3.63) is 101 Å². The predicted octanol–water partition coefficient (Wildman–Crippen LogP) is 7.20. The lowest BCUT2D eigenvalue weighted by molar-refractivity contribution is -0.133. The molecule has 1 N–H and O–H groups in total. The van der Waals surface area contributed by atoms with Crippen molar-refractivity contribution < 1.29 is 9.53 Å². The van der Waals surface area contributed by atoms with Crippen molar-refractivity contribution in [2.75, 3.05) is 26.7 Å². The largest absolute Gasteiger partial charge is 0.497 e. The Morgan fingerprint density at radius 3 is 2.20 bits per heavy atom. The Hall–Kier alpha value is -3.57. The van der Waals surface area contributed by atoms with Gasteiger partial charge in [-0.2, -0.15) is 0 Å². The number of hydrogen-bond acceptors (Lipinski definition) is 3. The molecule has 4 rings (SSSR count). The van der Waals surface area contributed by atoms with Crippen LogP contribution in [0.1, 0.15) is 56.9 Å². The minimum atomic E-state index is 0.0994. The number of hydrogen-bond donors (Lipinski definition) is 1. The first-order chi connectivity index (χ1) is 19.1. The van der Waals surface area contributed by atoms with E-state index in [1.165, 1.54) is 22.1 Å². The number of benzene rings is 3. The van der Waals surface area contributed by atoms with Crippen LogP contribution in [0.3, 0.4) is 0 Å². The number of nitrogens with zero attached hydrogens (tertiary/aromatic N) is 2. The van der Waals surface area contributed by atoms with Gasteiger partial charge in [0, 0.05) is 43.3 Å². The Bertz CT molecular complexity index is 1360. The number of aromatic nitrogens is 1. The maximum absolute atomic E-state index is 13.9. The SMILES string of the molecule is COc1ccc(CN(CC(=O)N(CCc2c[nH]c3ccccc23)Cc2ccc(C(C)(C)C)cc2)CC(C)C)cc1. The molecule has 0 atom stereocenters. The van der Waals surface area contributed by atoms with Crippen LogP contribution in [0.5, 0.6) is 5.75 Å². The molecule has 0 fully saturated rings. The second-order valence-corrected chi connectivity index (χ2v) is 12.3. The van der Waals surface area contributed by atoms with Gasteiger partial charge in [-0.15, -0.1) is 0 Å². The zero-order chi connectivity index (χ0) is 28.7. The number of carbonyl (C=O) groups is 1. The van der Waals surface area contributed by atoms with Gasteiger partial charge in [-0.05, 0) is 58.2 Å². The second kappa shape index (κ2) is 13.2. The third-order valence-electron chi connectivity index (χ3n) is 7.42. The second-order valence-electron chi connectivity index (χ2n) is 12.3. The molecular formula is C35H45N3O2. The highest BCUT2D eigenvalue weighted by molar-refractivity contribution is 5.83. The molecule has 5 heteroatoms. The fourth-order valence-corrected chi connectivity index (χ4v) is 5.20. The molecule has 212 valence electrons. The highest BCUT2D eigenvalue weighted by Gasteiger charge is 2.20. The summed E-state index contributed by atoms with van der Waals surface area (Å²) in [5, 5.41) is 1.23. The fraction of sp³-hybridized carbons (Fsp3) is 0.400. The summed E-state index contributed by atoms with van der Waals surface area (Å²) in [5.41, 5.74) is 6.12. The van der Waals surface area contributed by atoms with E-state index in [0.29, 0.717) is 25.6 Å². The number of ether oxygens (including phenoxy) is 1. The smallest absolute Gasteiger partial charge is 0.237 e. The summed E-state index contributed by atoms with van der Waals surface area (Å²) in [4.78, 5) is 21.6. The summed E-state index contributed by atoms with van der Waals surface area (Å²) in [6, 6.07) is 25.3. The molecule has 40 heavy (non-hydrogen) atoms. The maximum Gasteiger partial charge on any atom is 0.237 e. The molecule has 1 heterocycles. The molecule has 0 aliphatic carbocycles. The third kappa shape index (κ3) is 7.98. The molecule has 1 aromatic heterocycles. The number of fused-ring (bicyclic) bond motifs is 1. The lowest BCUT2D eigenvalue weighted by Crippen LogP contribution is -2.42. The standard InChI is InChI=1S/C35H45N3O2/c1-26(2)22-37(23-27-13-17-31(40-6)18-14-27)25-34(39)38(24-28-11-15-30(16-12-28)35(3,4)5)20-19-29-21-36-33-10-8-7-9-32(29)33/h7-18,21,26,36H,19-20,22-25H2,1-6H3. The average molecular weight is 540 g/mol. The number of carbonyl (C=O) groups excluding carboxylic acids is 1. The van der Waals surface area contributed by atoms with Crippen molar-refractivity contribution in [2.24, 2.45) is 5.92 Å². The van der Waals surface area contributed by atoms with Gasteiger partial charge < -0.3 is 14.6 Å². The number of para-hydroxylation sites is 1. The third-order valence-corrected chi connectivity index (χ3v) is 7.42. The Balaban J connectivity index is 1.53. The molecule has 0 aliphatic heterocycles. The van der Waals surface area contributed by atoms with Gasteiger partial charge in [0.25, 0.3) is 0 Å². The summed E-state index contributed by atoms with van der Waals surface area (Å²) < 4.78 is 5.32. The Morgan fingerprint density at radius 2 is 1.55 bits per heavy atom. The van der Waals surface area contributed by atoms with Crippen molar-refractivity contribution >= 4 is 16.8 Å². The molecule has 0 radical (unpaired) electrons. The first kappa shape index (κ1) is 29.4. The number of aromatic amines is 1. The van der Waals surface area contributed by atoms with Crippen LogP contribution >= 0.6 is 0 Å². The highest BCUT2D eigenvalue weighted by atomic mass is 16.5. The Kier molecular flexibility index (Phi) is 9.70. The van der Waals surface area contributed by atoms with Crippen LogP contribution in [0.25, 0.3) is 10.9 Å². The van der Waals surface area contributed by atoms with Gasteiger partial charge in [0.15, 0.2) is 0 Å². The number of rotatable bonds is 12. The zero-order valence-corrected chi connectivity index (χ0v) is 25.0. The Labute approximate surface area is 240 Å². The minimum Gasteiger partial charge on any atom is -0.497 e. The molecule has 1 amide bonds. The van der Waals surface area contributed by atoms with Gasteiger partial charge in [0.1, 0.15) is 5.75 Å². The molecular weight excluding hydrogens is 494 g/mol. The molecule has 0 bridgehead atoms. The van der Waals surface area contributed by atoms with Crippen molar-refractivity contribution in [2.45, 2.75) is 59.5 Å². The van der Waals surface area contributed by atoms with Crippen molar-refractivity contribution in [1.82, 2.24) is 14.8 Å². The predicted molar refractivity (Wildman–Crippen MR) is 166 cm³/mol. The molecule has 0 aliphatic rings. The van der Waals surface area contributed by atoms with Crippen LogP contribution in [0.2, 0.25) is 0 Å². The van der Waals surface area contributed by atoms with Crippen LogP contribution in [-0.2, 0) is 29.7 Å². The molecule has 0 saturated carbocycles. The first-order valence-electron chi connectivity index (χ1n) is 14.4. The summed E-state index contributed by atoms with van der Waals surface area (Å²) in [6.07, 6.45) is 2.89. The van der Waals surface area contributed by atoms with Gasteiger partial charge in [-0.25, -0.2) is 0 Å². The van der Waals surface area contributed by atoms with E-state index in [1.54, 1.807) is 7.11 Å². The van der Waals surface area contributed by atoms with Crippen molar-refractivity contribution in [1.29, 1.82) is 0 Å². The summed E-state index contributed by atoms with van der Waals surface area (Å²) >= 11 is 0.